The van der Waals surface area contributed by atoms with E-state index in [0.717, 1.165) is 12.0 Å². The highest BCUT2D eigenvalue weighted by molar-refractivity contribution is 5.78. The SMILES string of the molecule is CC(NC(=O)CNC1CCCCC1C(C)(C)C)c1ccc(F)cc1. The van der Waals surface area contributed by atoms with E-state index < -0.39 is 0 Å². The van der Waals surface area contributed by atoms with E-state index in [4.69, 9.17) is 0 Å². The Morgan fingerprint density at radius 3 is 2.46 bits per heavy atom. The minimum absolute atomic E-state index is 0.00921. The molecule has 1 aliphatic rings. The Bertz CT molecular complexity index is 536. The van der Waals surface area contributed by atoms with Crippen molar-refractivity contribution >= 4 is 5.91 Å². The minimum atomic E-state index is -0.260. The first-order valence-electron chi connectivity index (χ1n) is 9.05. The van der Waals surface area contributed by atoms with Gasteiger partial charge >= 0.3 is 0 Å². The zero-order chi connectivity index (χ0) is 17.7. The van der Waals surface area contributed by atoms with Gasteiger partial charge in [-0.15, -0.1) is 0 Å². The molecule has 3 atom stereocenters. The third-order valence-corrected chi connectivity index (χ3v) is 5.15. The second-order valence-corrected chi connectivity index (χ2v) is 8.09. The van der Waals surface area contributed by atoms with Gasteiger partial charge in [0.1, 0.15) is 5.82 Å². The summed E-state index contributed by atoms with van der Waals surface area (Å²) in [5, 5.41) is 6.46. The van der Waals surface area contributed by atoms with Gasteiger partial charge in [0.15, 0.2) is 0 Å². The quantitative estimate of drug-likeness (QED) is 0.847. The Hall–Kier alpha value is -1.42. The number of carbonyl (C=O) groups excluding carboxylic acids is 1. The molecule has 3 nitrogen and oxygen atoms in total. The molecular weight excluding hydrogens is 303 g/mol. The lowest BCUT2D eigenvalue weighted by molar-refractivity contribution is -0.121. The lowest BCUT2D eigenvalue weighted by Crippen LogP contribution is -2.47. The van der Waals surface area contributed by atoms with Crippen LogP contribution in [0.2, 0.25) is 0 Å². The molecule has 0 aromatic heterocycles. The van der Waals surface area contributed by atoms with Gasteiger partial charge in [-0.2, -0.15) is 0 Å². The first-order chi connectivity index (χ1) is 11.3. The second kappa shape index (κ2) is 8.11. The van der Waals surface area contributed by atoms with E-state index in [1.165, 1.54) is 31.4 Å². The molecule has 2 rings (SSSR count). The van der Waals surface area contributed by atoms with Gasteiger partial charge in [-0.25, -0.2) is 4.39 Å². The summed E-state index contributed by atoms with van der Waals surface area (Å²) in [7, 11) is 0. The van der Waals surface area contributed by atoms with E-state index in [2.05, 4.69) is 31.4 Å². The molecule has 1 aromatic rings. The van der Waals surface area contributed by atoms with Crippen molar-refractivity contribution in [2.45, 2.75) is 65.5 Å². The molecule has 134 valence electrons. The molecule has 1 aromatic carbocycles. The van der Waals surface area contributed by atoms with Crippen LogP contribution in [-0.2, 0) is 4.79 Å². The number of hydrogen-bond acceptors (Lipinski definition) is 2. The predicted molar refractivity (Wildman–Crippen MR) is 96.2 cm³/mol. The fourth-order valence-corrected chi connectivity index (χ4v) is 3.76. The van der Waals surface area contributed by atoms with Gasteiger partial charge in [0.2, 0.25) is 5.91 Å². The number of benzene rings is 1. The lowest BCUT2D eigenvalue weighted by atomic mass is 9.69. The molecular formula is C20H31FN2O. The summed E-state index contributed by atoms with van der Waals surface area (Å²) in [4.78, 5) is 12.2. The van der Waals surface area contributed by atoms with Crippen molar-refractivity contribution in [3.8, 4) is 0 Å². The fraction of sp³-hybridized carbons (Fsp3) is 0.650. The first kappa shape index (κ1) is 18.9. The summed E-state index contributed by atoms with van der Waals surface area (Å²) in [5.74, 6) is 0.336. The van der Waals surface area contributed by atoms with Crippen LogP contribution in [0.1, 0.15) is 65.0 Å². The molecule has 24 heavy (non-hydrogen) atoms. The maximum Gasteiger partial charge on any atom is 0.234 e. The molecule has 1 saturated carbocycles. The van der Waals surface area contributed by atoms with Gasteiger partial charge in [-0.1, -0.05) is 45.7 Å². The zero-order valence-electron chi connectivity index (χ0n) is 15.4. The maximum atomic E-state index is 13.0. The highest BCUT2D eigenvalue weighted by Gasteiger charge is 2.33. The monoisotopic (exact) mass is 334 g/mol. The van der Waals surface area contributed by atoms with Gasteiger partial charge < -0.3 is 10.6 Å². The molecule has 4 heteroatoms. The average Bonchev–Trinajstić information content (AvgIpc) is 2.53. The summed E-state index contributed by atoms with van der Waals surface area (Å²) in [5.41, 5.74) is 1.17. The molecule has 2 N–H and O–H groups in total. The van der Waals surface area contributed by atoms with Gasteiger partial charge in [-0.05, 0) is 48.8 Å². The smallest absolute Gasteiger partial charge is 0.234 e. The number of carbonyl (C=O) groups is 1. The van der Waals surface area contributed by atoms with Crippen molar-refractivity contribution < 1.29 is 9.18 Å². The molecule has 1 aliphatic carbocycles. The van der Waals surface area contributed by atoms with Crippen LogP contribution >= 0.6 is 0 Å². The third kappa shape index (κ3) is 5.30. The Kier molecular flexibility index (Phi) is 6.39. The van der Waals surface area contributed by atoms with Crippen molar-refractivity contribution in [1.29, 1.82) is 0 Å². The molecule has 0 spiro atoms. The molecule has 0 bridgehead atoms. The first-order valence-corrected chi connectivity index (χ1v) is 9.05. The number of rotatable bonds is 5. The van der Waals surface area contributed by atoms with E-state index in [0.29, 0.717) is 18.5 Å². The molecule has 0 radical (unpaired) electrons. The molecule has 0 aliphatic heterocycles. The van der Waals surface area contributed by atoms with Crippen LogP contribution in [0, 0.1) is 17.2 Å². The van der Waals surface area contributed by atoms with Gasteiger partial charge in [0, 0.05) is 6.04 Å². The standard InChI is InChI=1S/C20H31FN2O/c1-14(15-9-11-16(21)12-10-15)23-19(24)13-22-18-8-6-5-7-17(18)20(2,3)4/h9-12,14,17-18,22H,5-8,13H2,1-4H3,(H,23,24). The van der Waals surface area contributed by atoms with E-state index in [1.54, 1.807) is 12.1 Å². The average molecular weight is 334 g/mol. The predicted octanol–water partition coefficient (Wildman–Crippen LogP) is 4.20. The summed E-state index contributed by atoms with van der Waals surface area (Å²) >= 11 is 0. The highest BCUT2D eigenvalue weighted by atomic mass is 19.1. The lowest BCUT2D eigenvalue weighted by Gasteiger charge is -2.41. The second-order valence-electron chi connectivity index (χ2n) is 8.09. The van der Waals surface area contributed by atoms with E-state index in [-0.39, 0.29) is 23.2 Å². The number of amides is 1. The largest absolute Gasteiger partial charge is 0.348 e. The Balaban J connectivity index is 1.84. The van der Waals surface area contributed by atoms with Crippen LogP contribution in [-0.4, -0.2) is 18.5 Å². The summed E-state index contributed by atoms with van der Waals surface area (Å²) in [6.07, 6.45) is 4.89. The Labute approximate surface area is 145 Å². The summed E-state index contributed by atoms with van der Waals surface area (Å²) in [6.45, 7) is 9.11. The highest BCUT2D eigenvalue weighted by Crippen LogP contribution is 2.37. The van der Waals surface area contributed by atoms with E-state index in [1.807, 2.05) is 6.92 Å². The maximum absolute atomic E-state index is 13.0. The van der Waals surface area contributed by atoms with Crippen LogP contribution < -0.4 is 10.6 Å². The number of nitrogens with one attached hydrogen (secondary N) is 2. The van der Waals surface area contributed by atoms with Crippen LogP contribution in [0.15, 0.2) is 24.3 Å². The molecule has 3 unspecified atom stereocenters. The van der Waals surface area contributed by atoms with Gasteiger partial charge in [0.05, 0.1) is 12.6 Å². The normalized spacial score (nSPS) is 22.9. The molecule has 0 saturated heterocycles. The third-order valence-electron chi connectivity index (χ3n) is 5.15. The Morgan fingerprint density at radius 2 is 1.83 bits per heavy atom. The summed E-state index contributed by atoms with van der Waals surface area (Å²) in [6, 6.07) is 6.56. The van der Waals surface area contributed by atoms with Crippen LogP contribution in [0.4, 0.5) is 4.39 Å². The van der Waals surface area contributed by atoms with Crippen molar-refractivity contribution in [2.75, 3.05) is 6.54 Å². The Morgan fingerprint density at radius 1 is 1.21 bits per heavy atom. The summed E-state index contributed by atoms with van der Waals surface area (Å²) < 4.78 is 13.0. The topological polar surface area (TPSA) is 41.1 Å². The zero-order valence-corrected chi connectivity index (χ0v) is 15.4. The van der Waals surface area contributed by atoms with Crippen molar-refractivity contribution in [1.82, 2.24) is 10.6 Å². The minimum Gasteiger partial charge on any atom is -0.348 e. The molecule has 1 fully saturated rings. The number of hydrogen-bond donors (Lipinski definition) is 2. The van der Waals surface area contributed by atoms with Crippen LogP contribution in [0.3, 0.4) is 0 Å². The van der Waals surface area contributed by atoms with Crippen molar-refractivity contribution in [3.63, 3.8) is 0 Å². The fourth-order valence-electron chi connectivity index (χ4n) is 3.76. The van der Waals surface area contributed by atoms with E-state index >= 15 is 0 Å². The van der Waals surface area contributed by atoms with Crippen molar-refractivity contribution in [2.24, 2.45) is 11.3 Å². The van der Waals surface area contributed by atoms with Crippen LogP contribution in [0.25, 0.3) is 0 Å². The van der Waals surface area contributed by atoms with Gasteiger partial charge in [0.25, 0.3) is 0 Å². The molecule has 0 heterocycles. The molecule has 1 amide bonds. The van der Waals surface area contributed by atoms with Crippen LogP contribution in [0.5, 0.6) is 0 Å². The van der Waals surface area contributed by atoms with Gasteiger partial charge in [-0.3, -0.25) is 4.79 Å². The van der Waals surface area contributed by atoms with Crippen molar-refractivity contribution in [3.05, 3.63) is 35.6 Å². The number of halogens is 1. The van der Waals surface area contributed by atoms with E-state index in [9.17, 15) is 9.18 Å².